The van der Waals surface area contributed by atoms with Crippen LogP contribution >= 0.6 is 0 Å². The molecule has 0 bridgehead atoms. The van der Waals surface area contributed by atoms with E-state index in [0.717, 1.165) is 0 Å². The molecule has 100 valence electrons. The molecule has 1 aliphatic heterocycles. The van der Waals surface area contributed by atoms with E-state index in [9.17, 15) is 15.3 Å². The Kier molecular flexibility index (Phi) is 2.84. The summed E-state index contributed by atoms with van der Waals surface area (Å²) in [5, 5.41) is 35.0. The Labute approximate surface area is 108 Å². The molecule has 1 fully saturated rings. The predicted octanol–water partition coefficient (Wildman–Crippen LogP) is 0.543. The molecule has 1 aromatic carbocycles. The molecule has 2 heterocycles. The quantitative estimate of drug-likeness (QED) is 0.585. The van der Waals surface area contributed by atoms with Gasteiger partial charge in [0.1, 0.15) is 0 Å². The standard InChI is InChI=1S/C12H13N3O4/c16-7-4-8(13-5-7)12-14-11(15-19-12)6-1-2-9(17)10(18)3-6/h1-3,7-8,13,16-18H,4-5H2/t7-,8-/m1/s1. The topological polar surface area (TPSA) is 112 Å². The largest absolute Gasteiger partial charge is 0.504 e. The number of nitrogens with one attached hydrogen (secondary N) is 1. The third-order valence-corrected chi connectivity index (χ3v) is 3.08. The van der Waals surface area contributed by atoms with E-state index in [1.54, 1.807) is 6.07 Å². The fraction of sp³-hybridized carbons (Fsp3) is 0.333. The number of nitrogens with zero attached hydrogens (tertiary/aromatic N) is 2. The Balaban J connectivity index is 1.86. The van der Waals surface area contributed by atoms with E-state index in [4.69, 9.17) is 4.52 Å². The number of rotatable bonds is 2. The van der Waals surface area contributed by atoms with Crippen LogP contribution in [0.25, 0.3) is 11.4 Å². The monoisotopic (exact) mass is 263 g/mol. The maximum absolute atomic E-state index is 9.44. The van der Waals surface area contributed by atoms with E-state index in [1.165, 1.54) is 12.1 Å². The second-order valence-electron chi connectivity index (χ2n) is 4.51. The lowest BCUT2D eigenvalue weighted by Gasteiger charge is -2.01. The minimum Gasteiger partial charge on any atom is -0.504 e. The van der Waals surface area contributed by atoms with Crippen molar-refractivity contribution in [1.29, 1.82) is 0 Å². The Morgan fingerprint density at radius 2 is 2.11 bits per heavy atom. The molecule has 4 N–H and O–H groups in total. The first-order chi connectivity index (χ1) is 9.13. The fourth-order valence-corrected chi connectivity index (χ4v) is 2.06. The summed E-state index contributed by atoms with van der Waals surface area (Å²) < 4.78 is 5.14. The number of phenolic OH excluding ortho intramolecular Hbond substituents is 2. The van der Waals surface area contributed by atoms with Crippen molar-refractivity contribution in [2.24, 2.45) is 0 Å². The molecule has 2 aromatic rings. The van der Waals surface area contributed by atoms with Crippen LogP contribution in [0.1, 0.15) is 18.4 Å². The van der Waals surface area contributed by atoms with Gasteiger partial charge in [0, 0.05) is 12.1 Å². The van der Waals surface area contributed by atoms with Gasteiger partial charge >= 0.3 is 0 Å². The molecule has 0 spiro atoms. The summed E-state index contributed by atoms with van der Waals surface area (Å²) in [5.41, 5.74) is 0.545. The average molecular weight is 263 g/mol. The van der Waals surface area contributed by atoms with Gasteiger partial charge in [-0.2, -0.15) is 4.98 Å². The van der Waals surface area contributed by atoms with E-state index in [1.807, 2.05) is 0 Å². The number of β-amino-alcohol motifs (C(OH)–C–C–N with tert-alkyl or cyclic N) is 1. The van der Waals surface area contributed by atoms with Crippen molar-refractivity contribution in [3.05, 3.63) is 24.1 Å². The van der Waals surface area contributed by atoms with Gasteiger partial charge in [0.2, 0.25) is 11.7 Å². The van der Waals surface area contributed by atoms with Crippen LogP contribution in [-0.2, 0) is 0 Å². The zero-order valence-electron chi connectivity index (χ0n) is 9.95. The van der Waals surface area contributed by atoms with Gasteiger partial charge in [-0.3, -0.25) is 0 Å². The molecule has 7 heteroatoms. The molecule has 0 saturated carbocycles. The number of aliphatic hydroxyl groups is 1. The van der Waals surface area contributed by atoms with Crippen LogP contribution in [0.4, 0.5) is 0 Å². The molecule has 1 aliphatic rings. The lowest BCUT2D eigenvalue weighted by Crippen LogP contribution is -2.15. The second-order valence-corrected chi connectivity index (χ2v) is 4.51. The van der Waals surface area contributed by atoms with Crippen LogP contribution in [0.3, 0.4) is 0 Å². The number of benzene rings is 1. The molecule has 19 heavy (non-hydrogen) atoms. The Bertz CT molecular complexity index is 598. The average Bonchev–Trinajstić information content (AvgIpc) is 3.01. The smallest absolute Gasteiger partial charge is 0.244 e. The third-order valence-electron chi connectivity index (χ3n) is 3.08. The summed E-state index contributed by atoms with van der Waals surface area (Å²) in [5.74, 6) is 0.291. The van der Waals surface area contributed by atoms with Gasteiger partial charge in [0.05, 0.1) is 12.1 Å². The number of hydrogen-bond donors (Lipinski definition) is 4. The van der Waals surface area contributed by atoms with Crippen molar-refractivity contribution < 1.29 is 19.8 Å². The van der Waals surface area contributed by atoms with Crippen molar-refractivity contribution in [3.8, 4) is 22.9 Å². The summed E-state index contributed by atoms with van der Waals surface area (Å²) in [4.78, 5) is 4.22. The van der Waals surface area contributed by atoms with Crippen LogP contribution in [0.2, 0.25) is 0 Å². The van der Waals surface area contributed by atoms with Crippen LogP contribution in [0.5, 0.6) is 11.5 Å². The molecule has 2 atom stereocenters. The molecule has 0 radical (unpaired) electrons. The van der Waals surface area contributed by atoms with Gasteiger partial charge in [-0.25, -0.2) is 0 Å². The Morgan fingerprint density at radius 3 is 2.79 bits per heavy atom. The minimum absolute atomic E-state index is 0.151. The molecule has 1 saturated heterocycles. The molecule has 1 aromatic heterocycles. The zero-order valence-corrected chi connectivity index (χ0v) is 9.95. The lowest BCUT2D eigenvalue weighted by molar-refractivity contribution is 0.191. The highest BCUT2D eigenvalue weighted by Crippen LogP contribution is 2.30. The summed E-state index contributed by atoms with van der Waals surface area (Å²) >= 11 is 0. The minimum atomic E-state index is -0.405. The van der Waals surface area contributed by atoms with E-state index in [0.29, 0.717) is 30.2 Å². The van der Waals surface area contributed by atoms with E-state index in [2.05, 4.69) is 15.5 Å². The molecule has 3 rings (SSSR count). The van der Waals surface area contributed by atoms with Gasteiger partial charge < -0.3 is 25.2 Å². The van der Waals surface area contributed by atoms with Crippen LogP contribution < -0.4 is 5.32 Å². The molecule has 0 aliphatic carbocycles. The maximum Gasteiger partial charge on any atom is 0.244 e. The van der Waals surface area contributed by atoms with Crippen LogP contribution in [-0.4, -0.2) is 38.1 Å². The number of phenols is 2. The first-order valence-electron chi connectivity index (χ1n) is 5.91. The number of aromatic hydroxyl groups is 2. The van der Waals surface area contributed by atoms with Crippen LogP contribution in [0.15, 0.2) is 22.7 Å². The molecule has 0 amide bonds. The third kappa shape index (κ3) is 2.25. The number of hydrogen-bond acceptors (Lipinski definition) is 7. The summed E-state index contributed by atoms with van der Waals surface area (Å²) in [7, 11) is 0. The molecule has 0 unspecified atom stereocenters. The van der Waals surface area contributed by atoms with Crippen LogP contribution in [0, 0.1) is 0 Å². The van der Waals surface area contributed by atoms with Crippen molar-refractivity contribution in [2.45, 2.75) is 18.6 Å². The molecule has 7 nitrogen and oxygen atoms in total. The Hall–Kier alpha value is -2.12. The summed E-state index contributed by atoms with van der Waals surface area (Å²) in [6.45, 7) is 0.502. The number of aliphatic hydroxyl groups excluding tert-OH is 1. The summed E-state index contributed by atoms with van der Waals surface area (Å²) in [6, 6.07) is 4.15. The fourth-order valence-electron chi connectivity index (χ4n) is 2.06. The maximum atomic E-state index is 9.44. The number of aromatic nitrogens is 2. The van der Waals surface area contributed by atoms with Gasteiger partial charge in [-0.1, -0.05) is 5.16 Å². The normalized spacial score (nSPS) is 22.8. The van der Waals surface area contributed by atoms with Crippen molar-refractivity contribution in [1.82, 2.24) is 15.5 Å². The first kappa shape index (κ1) is 11.9. The highest BCUT2D eigenvalue weighted by atomic mass is 16.5. The van der Waals surface area contributed by atoms with Gasteiger partial charge in [-0.15, -0.1) is 0 Å². The highest BCUT2D eigenvalue weighted by Gasteiger charge is 2.28. The zero-order chi connectivity index (χ0) is 13.4. The van der Waals surface area contributed by atoms with E-state index >= 15 is 0 Å². The van der Waals surface area contributed by atoms with Gasteiger partial charge in [0.15, 0.2) is 11.5 Å². The van der Waals surface area contributed by atoms with Crippen molar-refractivity contribution >= 4 is 0 Å². The lowest BCUT2D eigenvalue weighted by atomic mass is 10.2. The van der Waals surface area contributed by atoms with E-state index < -0.39 is 6.10 Å². The Morgan fingerprint density at radius 1 is 1.26 bits per heavy atom. The highest BCUT2D eigenvalue weighted by molar-refractivity contribution is 5.59. The first-order valence-corrected chi connectivity index (χ1v) is 5.91. The van der Waals surface area contributed by atoms with E-state index in [-0.39, 0.29) is 17.5 Å². The molecular formula is C12H13N3O4. The summed E-state index contributed by atoms with van der Waals surface area (Å²) in [6.07, 6.45) is 0.126. The predicted molar refractivity (Wildman–Crippen MR) is 64.4 cm³/mol. The van der Waals surface area contributed by atoms with Gasteiger partial charge in [-0.05, 0) is 24.6 Å². The van der Waals surface area contributed by atoms with Gasteiger partial charge in [0.25, 0.3) is 0 Å². The second kappa shape index (κ2) is 4.52. The van der Waals surface area contributed by atoms with Crippen molar-refractivity contribution in [3.63, 3.8) is 0 Å². The molecular weight excluding hydrogens is 250 g/mol. The van der Waals surface area contributed by atoms with Crippen molar-refractivity contribution in [2.75, 3.05) is 6.54 Å². The SMILES string of the molecule is Oc1ccc(-c2noc([C@H]3C[C@@H](O)CN3)n2)cc1O.